The molecule has 0 unspecified atom stereocenters. The molecule has 0 radical (unpaired) electrons. The third kappa shape index (κ3) is 3.64. The Balaban J connectivity index is 1.30. The van der Waals surface area contributed by atoms with Crippen LogP contribution in [-0.2, 0) is 9.53 Å². The topological polar surface area (TPSA) is 59.1 Å². The lowest BCUT2D eigenvalue weighted by Gasteiger charge is -2.37. The highest BCUT2D eigenvalue weighted by molar-refractivity contribution is 5.95. The van der Waals surface area contributed by atoms with E-state index in [0.29, 0.717) is 24.2 Å². The van der Waals surface area contributed by atoms with Crippen LogP contribution in [0.2, 0.25) is 0 Å². The molecule has 2 atom stereocenters. The minimum atomic E-state index is -1.08. The summed E-state index contributed by atoms with van der Waals surface area (Å²) in [6.07, 6.45) is 1.20. The normalized spacial score (nSPS) is 23.8. The summed E-state index contributed by atoms with van der Waals surface area (Å²) in [5, 5.41) is 0. The fourth-order valence-electron chi connectivity index (χ4n) is 5.18. The van der Waals surface area contributed by atoms with Crippen molar-refractivity contribution in [2.24, 2.45) is 0 Å². The zero-order valence-corrected chi connectivity index (χ0v) is 18.0. The minimum Gasteiger partial charge on any atom is -0.497 e. The molecule has 0 saturated carbocycles. The van der Waals surface area contributed by atoms with E-state index in [2.05, 4.69) is 0 Å². The van der Waals surface area contributed by atoms with E-state index in [1.807, 2.05) is 0 Å². The Labute approximate surface area is 188 Å². The maximum atomic E-state index is 14.3. The number of carbonyl (C=O) groups is 2. The average molecular weight is 460 g/mol. The minimum absolute atomic E-state index is 0.0563. The molecule has 33 heavy (non-hydrogen) atoms. The highest BCUT2D eigenvalue weighted by Gasteiger charge is 2.58. The fourth-order valence-corrected chi connectivity index (χ4v) is 5.18. The number of nitrogens with zero attached hydrogens (tertiary/aromatic N) is 2. The summed E-state index contributed by atoms with van der Waals surface area (Å²) in [7, 11) is 1.42. The molecular weight excluding hydrogens is 437 g/mol. The van der Waals surface area contributed by atoms with E-state index in [1.54, 1.807) is 4.90 Å². The summed E-state index contributed by atoms with van der Waals surface area (Å²) in [6.45, 7) is 0.464. The number of halogens is 3. The van der Waals surface area contributed by atoms with Crippen molar-refractivity contribution in [2.75, 3.05) is 20.2 Å². The van der Waals surface area contributed by atoms with Crippen LogP contribution in [0.4, 0.5) is 13.2 Å². The number of benzene rings is 2. The first-order valence-corrected chi connectivity index (χ1v) is 10.9. The SMILES string of the molecule is COc1ccc(C(=O)N2CCC3(CC2)O[C@@H]2CC[C@@H](c4cc(F)cc(F)c4)N2C3=O)c(F)c1. The van der Waals surface area contributed by atoms with Crippen LogP contribution in [0.15, 0.2) is 36.4 Å². The molecular formula is C24H23F3N2O4. The van der Waals surface area contributed by atoms with Crippen LogP contribution >= 0.6 is 0 Å². The molecule has 9 heteroatoms. The van der Waals surface area contributed by atoms with Gasteiger partial charge in [-0.3, -0.25) is 9.59 Å². The lowest BCUT2D eigenvalue weighted by Crippen LogP contribution is -2.51. The molecule has 2 aromatic rings. The molecule has 0 aromatic heterocycles. The molecule has 174 valence electrons. The average Bonchev–Trinajstić information content (AvgIpc) is 3.31. The van der Waals surface area contributed by atoms with Crippen LogP contribution in [-0.4, -0.2) is 53.6 Å². The van der Waals surface area contributed by atoms with E-state index in [-0.39, 0.29) is 37.4 Å². The van der Waals surface area contributed by atoms with E-state index in [0.717, 1.165) is 12.1 Å². The molecule has 3 heterocycles. The molecule has 3 aliphatic heterocycles. The molecule has 0 N–H and O–H groups in total. The first-order valence-electron chi connectivity index (χ1n) is 10.9. The number of methoxy groups -OCH3 is 1. The second-order valence-corrected chi connectivity index (χ2v) is 8.71. The lowest BCUT2D eigenvalue weighted by atomic mass is 9.89. The Hall–Kier alpha value is -3.07. The van der Waals surface area contributed by atoms with Crippen molar-refractivity contribution < 1.29 is 32.2 Å². The first-order chi connectivity index (χ1) is 15.8. The van der Waals surface area contributed by atoms with Gasteiger partial charge in [0.1, 0.15) is 29.4 Å². The van der Waals surface area contributed by atoms with Crippen molar-refractivity contribution in [3.63, 3.8) is 0 Å². The maximum absolute atomic E-state index is 14.3. The maximum Gasteiger partial charge on any atom is 0.257 e. The van der Waals surface area contributed by atoms with Gasteiger partial charge in [0.2, 0.25) is 0 Å². The van der Waals surface area contributed by atoms with Crippen molar-refractivity contribution in [1.29, 1.82) is 0 Å². The Morgan fingerprint density at radius 1 is 1.06 bits per heavy atom. The third-order valence-electron chi connectivity index (χ3n) is 6.85. The highest BCUT2D eigenvalue weighted by atomic mass is 19.1. The van der Waals surface area contributed by atoms with Crippen molar-refractivity contribution in [3.05, 3.63) is 65.0 Å². The van der Waals surface area contributed by atoms with Crippen molar-refractivity contribution >= 4 is 11.8 Å². The molecule has 6 nitrogen and oxygen atoms in total. The van der Waals surface area contributed by atoms with Gasteiger partial charge in [-0.25, -0.2) is 13.2 Å². The summed E-state index contributed by atoms with van der Waals surface area (Å²) in [6, 6.07) is 6.91. The second kappa shape index (κ2) is 8.06. The summed E-state index contributed by atoms with van der Waals surface area (Å²) in [4.78, 5) is 29.4. The highest BCUT2D eigenvalue weighted by Crippen LogP contribution is 2.47. The van der Waals surface area contributed by atoms with Crippen LogP contribution in [0, 0.1) is 17.5 Å². The predicted octanol–water partition coefficient (Wildman–Crippen LogP) is 3.81. The summed E-state index contributed by atoms with van der Waals surface area (Å²) >= 11 is 0. The standard InChI is InChI=1S/C24H23F3N2O4/c1-32-17-2-3-18(19(27)13-17)22(30)28-8-6-24(7-9-28)23(31)29-20(4-5-21(29)33-24)14-10-15(25)12-16(26)11-14/h2-3,10-13,20-21H,4-9H2,1H3/t20-,21+/m0/s1. The zero-order valence-electron chi connectivity index (χ0n) is 18.0. The van der Waals surface area contributed by atoms with Crippen LogP contribution in [0.5, 0.6) is 5.75 Å². The number of carbonyl (C=O) groups excluding carboxylic acids is 2. The Morgan fingerprint density at radius 3 is 2.39 bits per heavy atom. The molecule has 3 saturated heterocycles. The Bertz CT molecular complexity index is 1100. The second-order valence-electron chi connectivity index (χ2n) is 8.71. The summed E-state index contributed by atoms with van der Waals surface area (Å²) < 4.78 is 53.0. The van der Waals surface area contributed by atoms with Gasteiger partial charge in [-0.2, -0.15) is 0 Å². The third-order valence-corrected chi connectivity index (χ3v) is 6.85. The smallest absolute Gasteiger partial charge is 0.257 e. The van der Waals surface area contributed by atoms with Gasteiger partial charge in [-0.1, -0.05) is 0 Å². The van der Waals surface area contributed by atoms with E-state index in [9.17, 15) is 22.8 Å². The fraction of sp³-hybridized carbons (Fsp3) is 0.417. The molecule has 3 aliphatic rings. The molecule has 3 fully saturated rings. The number of hydrogen-bond donors (Lipinski definition) is 0. The number of ether oxygens (including phenoxy) is 2. The van der Waals surface area contributed by atoms with Gasteiger partial charge in [0.15, 0.2) is 5.60 Å². The number of likely N-dealkylation sites (tertiary alicyclic amines) is 1. The Morgan fingerprint density at radius 2 is 1.76 bits per heavy atom. The van der Waals surface area contributed by atoms with Crippen molar-refractivity contribution in [2.45, 2.75) is 43.6 Å². The van der Waals surface area contributed by atoms with E-state index < -0.39 is 41.2 Å². The van der Waals surface area contributed by atoms with Gasteiger partial charge >= 0.3 is 0 Å². The van der Waals surface area contributed by atoms with Crippen molar-refractivity contribution in [3.8, 4) is 5.75 Å². The van der Waals surface area contributed by atoms with Gasteiger partial charge in [-0.15, -0.1) is 0 Å². The molecule has 0 bridgehead atoms. The van der Waals surface area contributed by atoms with E-state index in [1.165, 1.54) is 36.3 Å². The molecule has 2 amide bonds. The number of hydrogen-bond acceptors (Lipinski definition) is 4. The van der Waals surface area contributed by atoms with Crippen LogP contribution in [0.3, 0.4) is 0 Å². The van der Waals surface area contributed by atoms with E-state index >= 15 is 0 Å². The molecule has 2 aromatic carbocycles. The number of rotatable bonds is 3. The van der Waals surface area contributed by atoms with Gasteiger partial charge in [-0.05, 0) is 42.7 Å². The number of fused-ring (bicyclic) bond motifs is 1. The van der Waals surface area contributed by atoms with Crippen molar-refractivity contribution in [1.82, 2.24) is 9.80 Å². The van der Waals surface area contributed by atoms with Gasteiger partial charge in [0.05, 0.1) is 18.7 Å². The van der Waals surface area contributed by atoms with Crippen LogP contribution in [0.25, 0.3) is 0 Å². The Kier molecular flexibility index (Phi) is 5.31. The van der Waals surface area contributed by atoms with Crippen LogP contribution in [0.1, 0.15) is 47.6 Å². The number of piperidine rings is 1. The van der Waals surface area contributed by atoms with Gasteiger partial charge < -0.3 is 19.3 Å². The summed E-state index contributed by atoms with van der Waals surface area (Å²) in [5.74, 6) is -2.40. The van der Waals surface area contributed by atoms with Gasteiger partial charge in [0.25, 0.3) is 11.8 Å². The predicted molar refractivity (Wildman–Crippen MR) is 111 cm³/mol. The van der Waals surface area contributed by atoms with E-state index in [4.69, 9.17) is 9.47 Å². The number of amides is 2. The zero-order chi connectivity index (χ0) is 23.3. The monoisotopic (exact) mass is 460 g/mol. The molecule has 0 aliphatic carbocycles. The van der Waals surface area contributed by atoms with Crippen LogP contribution < -0.4 is 4.74 Å². The molecule has 5 rings (SSSR count). The first kappa shape index (κ1) is 21.8. The quantitative estimate of drug-likeness (QED) is 0.699. The lowest BCUT2D eigenvalue weighted by molar-refractivity contribution is -0.142. The van der Waals surface area contributed by atoms with Gasteiger partial charge in [0, 0.05) is 38.1 Å². The molecule has 1 spiro atoms. The summed E-state index contributed by atoms with van der Waals surface area (Å²) in [5.41, 5.74) is -0.726. The largest absolute Gasteiger partial charge is 0.497 e.